The molecule has 0 aliphatic rings. The number of amides is 2. The fourth-order valence-corrected chi connectivity index (χ4v) is 4.93. The molecule has 240 valence electrons. The number of nitrogens with two attached hydrogens (primary N) is 1. The number of benzene rings is 2. The van der Waals surface area contributed by atoms with Gasteiger partial charge in [-0.05, 0) is 56.2 Å². The predicted octanol–water partition coefficient (Wildman–Crippen LogP) is 5.64. The Balaban J connectivity index is 2.02. The van der Waals surface area contributed by atoms with Crippen molar-refractivity contribution in [1.82, 2.24) is 14.9 Å². The van der Waals surface area contributed by atoms with E-state index in [0.717, 1.165) is 0 Å². The second kappa shape index (κ2) is 12.6. The number of hydrogen-bond acceptors (Lipinski definition) is 6. The number of pyridine rings is 1. The first-order chi connectivity index (χ1) is 21.4. The molecule has 2 aromatic carbocycles. The molecule has 13 heteroatoms. The van der Waals surface area contributed by atoms with E-state index in [0.29, 0.717) is 50.1 Å². The summed E-state index contributed by atoms with van der Waals surface area (Å²) in [5.74, 6) is 2.77. The van der Waals surface area contributed by atoms with E-state index in [1.807, 2.05) is 9.88 Å². The smallest absolute Gasteiger partial charge is 0.405 e. The summed E-state index contributed by atoms with van der Waals surface area (Å²) in [7, 11) is 3.06. The normalized spacial score (nSPS) is 11.5. The zero-order valence-electron chi connectivity index (χ0n) is 25.6. The summed E-state index contributed by atoms with van der Waals surface area (Å²) in [5, 5.41) is 15.0. The molecule has 4 aromatic rings. The zero-order valence-corrected chi connectivity index (χ0v) is 25.6. The van der Waals surface area contributed by atoms with Crippen LogP contribution in [-0.4, -0.2) is 51.9 Å². The summed E-state index contributed by atoms with van der Waals surface area (Å²) < 4.78 is 58.9. The van der Waals surface area contributed by atoms with Crippen molar-refractivity contribution < 1.29 is 37.0 Å². The summed E-state index contributed by atoms with van der Waals surface area (Å²) in [6.07, 6.45) is -3.12. The fourth-order valence-electron chi connectivity index (χ4n) is 4.93. The SMILES string of the molecule is C=C(F)C(=O)Nc1ccc(-c2c(-c3ccc(C(=O)NCC(F)(F)F)c(OC)c3)c3c(N)ncc(C#CC(C)(C)O)c3n2C)c(C)c1. The van der Waals surface area contributed by atoms with Crippen LogP contribution in [-0.2, 0) is 11.8 Å². The van der Waals surface area contributed by atoms with Crippen molar-refractivity contribution in [1.29, 1.82) is 0 Å². The maximum atomic E-state index is 13.3. The Labute approximate surface area is 262 Å². The number of nitrogens with one attached hydrogen (secondary N) is 2. The second-order valence-corrected chi connectivity index (χ2v) is 11.0. The van der Waals surface area contributed by atoms with Crippen molar-refractivity contribution in [2.24, 2.45) is 7.05 Å². The Bertz CT molecular complexity index is 1950. The molecule has 2 aromatic heterocycles. The summed E-state index contributed by atoms with van der Waals surface area (Å²) in [4.78, 5) is 28.9. The van der Waals surface area contributed by atoms with Crippen LogP contribution in [0, 0.1) is 18.8 Å². The Morgan fingerprint density at radius 3 is 2.46 bits per heavy atom. The van der Waals surface area contributed by atoms with Crippen LogP contribution in [0.2, 0.25) is 0 Å². The topological polar surface area (TPSA) is 132 Å². The number of nitrogen functional groups attached to an aromatic ring is 1. The molecule has 2 amide bonds. The Morgan fingerprint density at radius 1 is 1.17 bits per heavy atom. The van der Waals surface area contributed by atoms with Crippen molar-refractivity contribution in [2.45, 2.75) is 32.5 Å². The van der Waals surface area contributed by atoms with E-state index in [1.165, 1.54) is 39.3 Å². The van der Waals surface area contributed by atoms with Crippen molar-refractivity contribution >= 4 is 34.2 Å². The molecule has 2 heterocycles. The van der Waals surface area contributed by atoms with Gasteiger partial charge in [-0.3, -0.25) is 9.59 Å². The number of halogens is 4. The van der Waals surface area contributed by atoms with E-state index in [9.17, 15) is 32.3 Å². The maximum Gasteiger partial charge on any atom is 0.405 e. The fraction of sp³-hybridized carbons (Fsp3) is 0.242. The number of aryl methyl sites for hydroxylation is 2. The van der Waals surface area contributed by atoms with Crippen LogP contribution in [0.15, 0.2) is 55.0 Å². The highest BCUT2D eigenvalue weighted by molar-refractivity contribution is 6.12. The quantitative estimate of drug-likeness (QED) is 0.118. The van der Waals surface area contributed by atoms with E-state index in [2.05, 4.69) is 28.7 Å². The highest BCUT2D eigenvalue weighted by Crippen LogP contribution is 2.45. The highest BCUT2D eigenvalue weighted by atomic mass is 19.4. The van der Waals surface area contributed by atoms with Crippen LogP contribution in [0.1, 0.15) is 35.3 Å². The van der Waals surface area contributed by atoms with Crippen molar-refractivity contribution in [2.75, 3.05) is 24.7 Å². The first kappa shape index (κ1) is 33.5. The van der Waals surface area contributed by atoms with E-state index >= 15 is 0 Å². The van der Waals surface area contributed by atoms with Gasteiger partial charge in [0.15, 0.2) is 5.83 Å². The molecule has 46 heavy (non-hydrogen) atoms. The largest absolute Gasteiger partial charge is 0.496 e. The minimum Gasteiger partial charge on any atom is -0.496 e. The van der Waals surface area contributed by atoms with Crippen molar-refractivity contribution in [3.63, 3.8) is 0 Å². The number of fused-ring (bicyclic) bond motifs is 1. The molecular weight excluding hydrogens is 606 g/mol. The third-order valence-corrected chi connectivity index (χ3v) is 6.91. The van der Waals surface area contributed by atoms with Gasteiger partial charge in [0.1, 0.15) is 23.7 Å². The Hall–Kier alpha value is -5.35. The summed E-state index contributed by atoms with van der Waals surface area (Å²) in [6.45, 7) is 6.33. The molecule has 0 unspecified atom stereocenters. The third kappa shape index (κ3) is 7.13. The summed E-state index contributed by atoms with van der Waals surface area (Å²) in [5.41, 5.74) is 9.30. The van der Waals surface area contributed by atoms with Crippen molar-refractivity contribution in [3.8, 4) is 40.0 Å². The molecule has 0 saturated carbocycles. The van der Waals surface area contributed by atoms with Crippen LogP contribution in [0.3, 0.4) is 0 Å². The molecule has 9 nitrogen and oxygen atoms in total. The van der Waals surface area contributed by atoms with Gasteiger partial charge in [-0.15, -0.1) is 0 Å². The van der Waals surface area contributed by atoms with Crippen LogP contribution in [0.25, 0.3) is 33.3 Å². The molecule has 0 bridgehead atoms. The number of ether oxygens (including phenoxy) is 1. The van der Waals surface area contributed by atoms with Crippen LogP contribution in [0.5, 0.6) is 5.75 Å². The number of alkyl halides is 3. The number of nitrogens with zero attached hydrogens (tertiary/aromatic N) is 2. The number of anilines is 2. The number of rotatable bonds is 7. The molecule has 0 atom stereocenters. The molecule has 0 saturated heterocycles. The van der Waals surface area contributed by atoms with Gasteiger partial charge in [-0.1, -0.05) is 30.6 Å². The molecule has 0 fully saturated rings. The molecule has 5 N–H and O–H groups in total. The predicted molar refractivity (Wildman–Crippen MR) is 168 cm³/mol. The van der Waals surface area contributed by atoms with E-state index in [4.69, 9.17) is 10.5 Å². The zero-order chi connectivity index (χ0) is 34.1. The van der Waals surface area contributed by atoms with Gasteiger partial charge >= 0.3 is 6.18 Å². The molecule has 4 rings (SSSR count). The molecule has 0 aliphatic carbocycles. The molecule has 0 aliphatic heterocycles. The van der Waals surface area contributed by atoms with E-state index in [1.54, 1.807) is 38.2 Å². The number of carbonyl (C=O) groups is 2. The third-order valence-electron chi connectivity index (χ3n) is 6.91. The lowest BCUT2D eigenvalue weighted by molar-refractivity contribution is -0.123. The monoisotopic (exact) mass is 637 g/mol. The lowest BCUT2D eigenvalue weighted by Crippen LogP contribution is -2.33. The molecular formula is C33H31F4N5O4. The number of carbonyl (C=O) groups excluding carboxylic acids is 2. The van der Waals surface area contributed by atoms with Gasteiger partial charge in [0.05, 0.1) is 34.8 Å². The lowest BCUT2D eigenvalue weighted by Gasteiger charge is -2.15. The van der Waals surface area contributed by atoms with Crippen molar-refractivity contribution in [3.05, 3.63) is 71.7 Å². The number of aliphatic hydroxyl groups is 1. The van der Waals surface area contributed by atoms with Gasteiger partial charge < -0.3 is 30.8 Å². The number of methoxy groups -OCH3 is 1. The number of aromatic nitrogens is 2. The maximum absolute atomic E-state index is 13.3. The van der Waals surface area contributed by atoms with Crippen LogP contribution >= 0.6 is 0 Å². The van der Waals surface area contributed by atoms with E-state index in [-0.39, 0.29) is 17.1 Å². The van der Waals surface area contributed by atoms with Gasteiger partial charge in [0.25, 0.3) is 11.8 Å². The van der Waals surface area contributed by atoms with Crippen LogP contribution < -0.4 is 21.1 Å². The average Bonchev–Trinajstić information content (AvgIpc) is 3.28. The highest BCUT2D eigenvalue weighted by Gasteiger charge is 2.29. The van der Waals surface area contributed by atoms with Gasteiger partial charge in [0, 0.05) is 30.1 Å². The molecule has 0 radical (unpaired) electrons. The minimum absolute atomic E-state index is 0.00543. The average molecular weight is 638 g/mol. The van der Waals surface area contributed by atoms with Gasteiger partial charge in [-0.2, -0.15) is 13.2 Å². The summed E-state index contributed by atoms with van der Waals surface area (Å²) in [6, 6.07) is 9.34. The first-order valence-electron chi connectivity index (χ1n) is 13.7. The Morgan fingerprint density at radius 2 is 1.87 bits per heavy atom. The lowest BCUT2D eigenvalue weighted by atomic mass is 9.94. The van der Waals surface area contributed by atoms with E-state index < -0.39 is 36.0 Å². The summed E-state index contributed by atoms with van der Waals surface area (Å²) >= 11 is 0. The van der Waals surface area contributed by atoms with Gasteiger partial charge in [-0.25, -0.2) is 9.37 Å². The second-order valence-electron chi connectivity index (χ2n) is 11.0. The minimum atomic E-state index is -4.60. The first-order valence-corrected chi connectivity index (χ1v) is 13.7. The van der Waals surface area contributed by atoms with Gasteiger partial charge in [0.2, 0.25) is 0 Å². The van der Waals surface area contributed by atoms with Crippen LogP contribution in [0.4, 0.5) is 29.1 Å². The Kier molecular flexibility index (Phi) is 9.16. The standard InChI is InChI=1S/C33H31F4N5O4/c1-17-13-21(41-30(43)18(2)34)8-10-22(17)28-25(19-7-9-23(24(14-19)46-6)31(44)40-16-33(35,36)37)26-27(42(28)5)20(15-39-29(26)38)11-12-32(3,4)45/h7-10,13-15,45H,2,16H2,1,3-6H3,(H2,38,39)(H,40,44)(H,41,43). The number of hydrogen-bond donors (Lipinski definition) is 4. The molecule has 0 spiro atoms.